The van der Waals surface area contributed by atoms with E-state index in [0.29, 0.717) is 10.2 Å². The van der Waals surface area contributed by atoms with Crippen molar-refractivity contribution in [3.8, 4) is 17.4 Å². The lowest BCUT2D eigenvalue weighted by molar-refractivity contribution is 0.440. The van der Waals surface area contributed by atoms with Gasteiger partial charge in [-0.2, -0.15) is 4.98 Å². The summed E-state index contributed by atoms with van der Waals surface area (Å²) in [5, 5.41) is 9.82. The van der Waals surface area contributed by atoms with Gasteiger partial charge in [0.1, 0.15) is 5.69 Å². The third-order valence-electron chi connectivity index (χ3n) is 2.50. The van der Waals surface area contributed by atoms with Gasteiger partial charge in [-0.25, -0.2) is 0 Å². The van der Waals surface area contributed by atoms with Gasteiger partial charge < -0.3 is 10.1 Å². The van der Waals surface area contributed by atoms with Crippen molar-refractivity contribution in [3.63, 3.8) is 0 Å². The van der Waals surface area contributed by atoms with Crippen LogP contribution in [-0.2, 0) is 0 Å². The first kappa shape index (κ1) is 12.8. The van der Waals surface area contributed by atoms with E-state index in [1.807, 2.05) is 13.8 Å². The predicted octanol–water partition coefficient (Wildman–Crippen LogP) is 2.42. The van der Waals surface area contributed by atoms with Gasteiger partial charge in [-0.3, -0.25) is 9.78 Å². The average Bonchev–Trinajstić information content (AvgIpc) is 2.27. The third kappa shape index (κ3) is 2.28. The largest absolute Gasteiger partial charge is 0.493 e. The molecule has 2 heterocycles. The van der Waals surface area contributed by atoms with Gasteiger partial charge in [0.05, 0.1) is 5.56 Å². The Morgan fingerprint density at radius 2 is 2.17 bits per heavy atom. The molecular weight excluding hydrogens is 298 g/mol. The molecule has 2 N–H and O–H groups in total. The Morgan fingerprint density at radius 3 is 2.72 bits per heavy atom. The molecule has 6 heteroatoms. The number of rotatable bonds is 2. The summed E-state index contributed by atoms with van der Waals surface area (Å²) in [6, 6.07) is 3.55. The summed E-state index contributed by atoms with van der Waals surface area (Å²) < 4.78 is 0.699. The van der Waals surface area contributed by atoms with Gasteiger partial charge in [0.25, 0.3) is 5.56 Å². The minimum absolute atomic E-state index is 0.0949. The topological polar surface area (TPSA) is 78.9 Å². The fraction of sp³-hybridized carbons (Fsp3) is 0.250. The Morgan fingerprint density at radius 1 is 1.44 bits per heavy atom. The van der Waals surface area contributed by atoms with Crippen molar-refractivity contribution in [2.24, 2.45) is 0 Å². The second kappa shape index (κ2) is 4.89. The zero-order valence-electron chi connectivity index (χ0n) is 9.94. The molecule has 18 heavy (non-hydrogen) atoms. The number of hydrogen-bond donors (Lipinski definition) is 2. The lowest BCUT2D eigenvalue weighted by Gasteiger charge is -2.08. The molecule has 0 aromatic carbocycles. The lowest BCUT2D eigenvalue weighted by Crippen LogP contribution is -2.16. The van der Waals surface area contributed by atoms with E-state index in [1.165, 1.54) is 0 Å². The molecule has 0 bridgehead atoms. The van der Waals surface area contributed by atoms with Crippen LogP contribution in [0.1, 0.15) is 25.3 Å². The highest BCUT2D eigenvalue weighted by Crippen LogP contribution is 2.25. The molecule has 0 fully saturated rings. The van der Waals surface area contributed by atoms with E-state index < -0.39 is 0 Å². The summed E-state index contributed by atoms with van der Waals surface area (Å²) in [4.78, 5) is 22.6. The molecule has 2 aromatic heterocycles. The van der Waals surface area contributed by atoms with Crippen molar-refractivity contribution >= 4 is 15.9 Å². The van der Waals surface area contributed by atoms with Gasteiger partial charge in [0.2, 0.25) is 5.88 Å². The van der Waals surface area contributed by atoms with E-state index in [4.69, 9.17) is 0 Å². The summed E-state index contributed by atoms with van der Waals surface area (Å²) in [6.07, 6.45) is 1.59. The van der Waals surface area contributed by atoms with E-state index in [1.54, 1.807) is 18.3 Å². The molecule has 0 amide bonds. The molecule has 0 radical (unpaired) electrons. The number of halogens is 1. The zero-order valence-corrected chi connectivity index (χ0v) is 11.5. The Balaban J connectivity index is 2.63. The minimum Gasteiger partial charge on any atom is -0.493 e. The van der Waals surface area contributed by atoms with E-state index in [9.17, 15) is 9.90 Å². The summed E-state index contributed by atoms with van der Waals surface area (Å²) in [5.41, 5.74) is 0.427. The molecule has 0 aliphatic rings. The molecule has 0 saturated carbocycles. The standard InChI is InChI=1S/C12H12BrN3O2/c1-6(2)8-11(17)15-10(16-12(8)18)9-7(13)4-3-5-14-9/h3-6H,1-2H3,(H2,15,16,17,18). The molecule has 0 spiro atoms. The molecule has 2 aromatic rings. The summed E-state index contributed by atoms with van der Waals surface area (Å²) in [6.45, 7) is 3.64. The third-order valence-corrected chi connectivity index (χ3v) is 3.14. The number of aromatic nitrogens is 3. The van der Waals surface area contributed by atoms with Crippen molar-refractivity contribution < 1.29 is 5.11 Å². The Kier molecular flexibility index (Phi) is 3.47. The first-order valence-corrected chi connectivity index (χ1v) is 6.24. The molecule has 0 unspecified atom stereocenters. The van der Waals surface area contributed by atoms with Crippen LogP contribution < -0.4 is 5.56 Å². The molecule has 0 aliphatic carbocycles. The van der Waals surface area contributed by atoms with Gasteiger partial charge in [0.15, 0.2) is 5.82 Å². The first-order chi connectivity index (χ1) is 8.50. The van der Waals surface area contributed by atoms with Gasteiger partial charge in [0, 0.05) is 10.7 Å². The fourth-order valence-corrected chi connectivity index (χ4v) is 2.11. The first-order valence-electron chi connectivity index (χ1n) is 5.44. The number of aromatic hydroxyl groups is 1. The highest BCUT2D eigenvalue weighted by Gasteiger charge is 2.16. The van der Waals surface area contributed by atoms with E-state index in [0.717, 1.165) is 0 Å². The molecule has 0 aliphatic heterocycles. The van der Waals surface area contributed by atoms with Crippen LogP contribution in [0, 0.1) is 0 Å². The second-order valence-corrected chi connectivity index (χ2v) is 4.99. The average molecular weight is 310 g/mol. The Hall–Kier alpha value is -1.69. The van der Waals surface area contributed by atoms with Crippen molar-refractivity contribution in [2.75, 3.05) is 0 Å². The molecule has 0 atom stereocenters. The second-order valence-electron chi connectivity index (χ2n) is 4.14. The quantitative estimate of drug-likeness (QED) is 0.893. The maximum atomic E-state index is 11.9. The van der Waals surface area contributed by atoms with Crippen LogP contribution in [-0.4, -0.2) is 20.1 Å². The number of pyridine rings is 1. The smallest absolute Gasteiger partial charge is 0.258 e. The SMILES string of the molecule is CC(C)c1c(O)nc(-c2ncccc2Br)[nH]c1=O. The monoisotopic (exact) mass is 309 g/mol. The maximum Gasteiger partial charge on any atom is 0.258 e. The summed E-state index contributed by atoms with van der Waals surface area (Å²) in [5.74, 6) is -0.0989. The van der Waals surface area contributed by atoms with Crippen LogP contribution in [0.15, 0.2) is 27.6 Å². The van der Waals surface area contributed by atoms with Crippen LogP contribution in [0.2, 0.25) is 0 Å². The number of nitrogens with zero attached hydrogens (tertiary/aromatic N) is 2. The number of H-pyrrole nitrogens is 1. The van der Waals surface area contributed by atoms with Crippen LogP contribution >= 0.6 is 15.9 Å². The van der Waals surface area contributed by atoms with Crippen LogP contribution in [0.4, 0.5) is 0 Å². The van der Waals surface area contributed by atoms with Crippen molar-refractivity contribution in [1.82, 2.24) is 15.0 Å². The van der Waals surface area contributed by atoms with Crippen LogP contribution in [0.3, 0.4) is 0 Å². The molecule has 2 rings (SSSR count). The van der Waals surface area contributed by atoms with E-state index in [2.05, 4.69) is 30.9 Å². The van der Waals surface area contributed by atoms with Crippen LogP contribution in [0.5, 0.6) is 5.88 Å². The number of nitrogens with one attached hydrogen (secondary N) is 1. The van der Waals surface area contributed by atoms with Crippen molar-refractivity contribution in [1.29, 1.82) is 0 Å². The number of hydrogen-bond acceptors (Lipinski definition) is 4. The Labute approximate surface area is 112 Å². The minimum atomic E-state index is -0.343. The fourth-order valence-electron chi connectivity index (χ4n) is 1.66. The predicted molar refractivity (Wildman–Crippen MR) is 71.5 cm³/mol. The summed E-state index contributed by atoms with van der Waals surface area (Å²) in [7, 11) is 0. The van der Waals surface area contributed by atoms with Crippen molar-refractivity contribution in [3.05, 3.63) is 38.7 Å². The zero-order chi connectivity index (χ0) is 13.3. The van der Waals surface area contributed by atoms with Gasteiger partial charge >= 0.3 is 0 Å². The van der Waals surface area contributed by atoms with E-state index in [-0.39, 0.29) is 28.7 Å². The van der Waals surface area contributed by atoms with Gasteiger partial charge in [-0.1, -0.05) is 13.8 Å². The number of aromatic amines is 1. The lowest BCUT2D eigenvalue weighted by atomic mass is 10.1. The molecule has 0 saturated heterocycles. The van der Waals surface area contributed by atoms with Gasteiger partial charge in [-0.05, 0) is 34.0 Å². The highest BCUT2D eigenvalue weighted by molar-refractivity contribution is 9.10. The van der Waals surface area contributed by atoms with Crippen LogP contribution in [0.25, 0.3) is 11.5 Å². The van der Waals surface area contributed by atoms with Gasteiger partial charge in [-0.15, -0.1) is 0 Å². The van der Waals surface area contributed by atoms with E-state index >= 15 is 0 Å². The van der Waals surface area contributed by atoms with Crippen molar-refractivity contribution in [2.45, 2.75) is 19.8 Å². The highest BCUT2D eigenvalue weighted by atomic mass is 79.9. The molecular formula is C12H12BrN3O2. The molecule has 5 nitrogen and oxygen atoms in total. The Bertz CT molecular complexity index is 637. The maximum absolute atomic E-state index is 11.9. The summed E-state index contributed by atoms with van der Waals surface area (Å²) >= 11 is 3.32. The normalized spacial score (nSPS) is 10.9. The molecule has 94 valence electrons.